The highest BCUT2D eigenvalue weighted by Crippen LogP contribution is 2.31. The lowest BCUT2D eigenvalue weighted by molar-refractivity contribution is 0.111. The highest BCUT2D eigenvalue weighted by molar-refractivity contribution is 5.67. The van der Waals surface area contributed by atoms with Crippen LogP contribution in [0, 0.1) is 0 Å². The first-order valence-electron chi connectivity index (χ1n) is 7.37. The zero-order valence-electron chi connectivity index (χ0n) is 12.4. The summed E-state index contributed by atoms with van der Waals surface area (Å²) >= 11 is 0. The van der Waals surface area contributed by atoms with Crippen LogP contribution in [-0.4, -0.2) is 22.3 Å². The van der Waals surface area contributed by atoms with Gasteiger partial charge in [0, 0.05) is 5.92 Å². The molecular formula is C14H23N3O3. The van der Waals surface area contributed by atoms with E-state index in [2.05, 4.69) is 15.5 Å². The van der Waals surface area contributed by atoms with E-state index in [0.717, 1.165) is 18.7 Å². The Morgan fingerprint density at radius 1 is 1.30 bits per heavy atom. The van der Waals surface area contributed by atoms with Gasteiger partial charge in [0.15, 0.2) is 5.82 Å². The summed E-state index contributed by atoms with van der Waals surface area (Å²) in [5.74, 6) is 1.60. The molecule has 1 fully saturated rings. The van der Waals surface area contributed by atoms with Crippen LogP contribution in [0.1, 0.15) is 76.6 Å². The van der Waals surface area contributed by atoms with Crippen molar-refractivity contribution in [2.45, 2.75) is 70.9 Å². The maximum Gasteiger partial charge on any atom is 0.408 e. The lowest BCUT2D eigenvalue weighted by atomic mass is 9.89. The van der Waals surface area contributed by atoms with Crippen molar-refractivity contribution in [1.82, 2.24) is 15.5 Å². The van der Waals surface area contributed by atoms with Crippen LogP contribution in [0.4, 0.5) is 4.79 Å². The van der Waals surface area contributed by atoms with Gasteiger partial charge in [-0.3, -0.25) is 0 Å². The van der Waals surface area contributed by atoms with Gasteiger partial charge in [-0.15, -0.1) is 0 Å². The molecule has 6 heteroatoms. The Balaban J connectivity index is 1.92. The van der Waals surface area contributed by atoms with Gasteiger partial charge in [0.25, 0.3) is 0 Å². The second-order valence-corrected chi connectivity index (χ2v) is 5.65. The molecule has 112 valence electrons. The zero-order chi connectivity index (χ0) is 14.5. The first kappa shape index (κ1) is 14.8. The van der Waals surface area contributed by atoms with Crippen LogP contribution in [-0.2, 0) is 4.74 Å². The number of hydrogen-bond donors (Lipinski definition) is 1. The Kier molecular flexibility index (Phi) is 4.98. The first-order valence-corrected chi connectivity index (χ1v) is 7.37. The lowest BCUT2D eigenvalue weighted by Crippen LogP contribution is -2.29. The Hall–Kier alpha value is -1.59. The summed E-state index contributed by atoms with van der Waals surface area (Å²) in [6.07, 6.45) is 5.37. The number of aromatic nitrogens is 2. The Bertz CT molecular complexity index is 439. The highest BCUT2D eigenvalue weighted by Gasteiger charge is 2.23. The fourth-order valence-electron chi connectivity index (χ4n) is 2.44. The van der Waals surface area contributed by atoms with E-state index in [4.69, 9.17) is 9.26 Å². The molecule has 1 aromatic heterocycles. The topological polar surface area (TPSA) is 77.2 Å². The number of carbonyl (C=O) groups is 1. The van der Waals surface area contributed by atoms with E-state index in [1.54, 1.807) is 20.8 Å². The monoisotopic (exact) mass is 281 g/mol. The van der Waals surface area contributed by atoms with Crippen molar-refractivity contribution in [2.24, 2.45) is 0 Å². The molecule has 0 spiro atoms. The summed E-state index contributed by atoms with van der Waals surface area (Å²) in [7, 11) is 0. The molecule has 1 atom stereocenters. The molecule has 20 heavy (non-hydrogen) atoms. The van der Waals surface area contributed by atoms with E-state index in [-0.39, 0.29) is 12.1 Å². The zero-order valence-corrected chi connectivity index (χ0v) is 12.4. The SMILES string of the molecule is CC(C)OC(=O)NC(C)c1nc(C2CCCCC2)no1. The number of nitrogens with one attached hydrogen (secondary N) is 1. The average Bonchev–Trinajstić information content (AvgIpc) is 2.88. The minimum absolute atomic E-state index is 0.150. The molecule has 2 rings (SSSR count). The average molecular weight is 281 g/mol. The third-order valence-corrected chi connectivity index (χ3v) is 3.48. The lowest BCUT2D eigenvalue weighted by Gasteiger charge is -2.17. The van der Waals surface area contributed by atoms with E-state index in [9.17, 15) is 4.79 Å². The summed E-state index contributed by atoms with van der Waals surface area (Å²) in [4.78, 5) is 15.9. The van der Waals surface area contributed by atoms with E-state index in [1.165, 1.54) is 19.3 Å². The molecule has 1 saturated carbocycles. The molecule has 6 nitrogen and oxygen atoms in total. The molecule has 1 amide bonds. The van der Waals surface area contributed by atoms with Gasteiger partial charge >= 0.3 is 6.09 Å². The molecule has 1 aliphatic carbocycles. The van der Waals surface area contributed by atoms with Crippen molar-refractivity contribution >= 4 is 6.09 Å². The van der Waals surface area contributed by atoms with Gasteiger partial charge < -0.3 is 14.6 Å². The molecule has 0 radical (unpaired) electrons. The van der Waals surface area contributed by atoms with Crippen molar-refractivity contribution in [3.63, 3.8) is 0 Å². The Morgan fingerprint density at radius 3 is 2.65 bits per heavy atom. The quantitative estimate of drug-likeness (QED) is 0.916. The smallest absolute Gasteiger partial charge is 0.408 e. The molecule has 1 N–H and O–H groups in total. The molecule has 1 heterocycles. The van der Waals surface area contributed by atoms with E-state index < -0.39 is 6.09 Å². The summed E-state index contributed by atoms with van der Waals surface area (Å²) in [5, 5.41) is 6.74. The summed E-state index contributed by atoms with van der Waals surface area (Å²) in [6.45, 7) is 5.41. The third-order valence-electron chi connectivity index (χ3n) is 3.48. The summed E-state index contributed by atoms with van der Waals surface area (Å²) in [5.41, 5.74) is 0. The van der Waals surface area contributed by atoms with Crippen LogP contribution in [0.2, 0.25) is 0 Å². The number of hydrogen-bond acceptors (Lipinski definition) is 5. The summed E-state index contributed by atoms with van der Waals surface area (Å²) < 4.78 is 10.3. The molecule has 0 aliphatic heterocycles. The molecule has 0 aromatic carbocycles. The third kappa shape index (κ3) is 3.95. The van der Waals surface area contributed by atoms with Crippen molar-refractivity contribution in [3.8, 4) is 0 Å². The molecular weight excluding hydrogens is 258 g/mol. The molecule has 1 aromatic rings. The molecule has 1 unspecified atom stereocenters. The predicted octanol–water partition coefficient (Wildman–Crippen LogP) is 3.31. The van der Waals surface area contributed by atoms with Crippen LogP contribution < -0.4 is 5.32 Å². The van der Waals surface area contributed by atoms with Gasteiger partial charge in [-0.1, -0.05) is 24.4 Å². The van der Waals surface area contributed by atoms with Crippen LogP contribution >= 0.6 is 0 Å². The fourth-order valence-corrected chi connectivity index (χ4v) is 2.44. The number of alkyl carbamates (subject to hydrolysis) is 1. The first-order chi connectivity index (χ1) is 9.56. The fraction of sp³-hybridized carbons (Fsp3) is 0.786. The van der Waals surface area contributed by atoms with Crippen molar-refractivity contribution in [3.05, 3.63) is 11.7 Å². The van der Waals surface area contributed by atoms with Crippen LogP contribution in [0.15, 0.2) is 4.52 Å². The Labute approximate surface area is 119 Å². The predicted molar refractivity (Wildman–Crippen MR) is 73.3 cm³/mol. The van der Waals surface area contributed by atoms with E-state index >= 15 is 0 Å². The van der Waals surface area contributed by atoms with Crippen molar-refractivity contribution < 1.29 is 14.1 Å². The molecule has 0 bridgehead atoms. The van der Waals surface area contributed by atoms with Gasteiger partial charge in [-0.05, 0) is 33.6 Å². The van der Waals surface area contributed by atoms with Crippen LogP contribution in [0.5, 0.6) is 0 Å². The minimum atomic E-state index is -0.468. The maximum absolute atomic E-state index is 11.5. The normalized spacial score (nSPS) is 18.0. The van der Waals surface area contributed by atoms with Crippen molar-refractivity contribution in [1.29, 1.82) is 0 Å². The van der Waals surface area contributed by atoms with Gasteiger partial charge in [-0.2, -0.15) is 4.98 Å². The van der Waals surface area contributed by atoms with Gasteiger partial charge in [0.05, 0.1) is 6.10 Å². The Morgan fingerprint density at radius 2 is 2.00 bits per heavy atom. The van der Waals surface area contributed by atoms with Gasteiger partial charge in [-0.25, -0.2) is 4.79 Å². The maximum atomic E-state index is 11.5. The number of nitrogens with zero attached hydrogens (tertiary/aromatic N) is 2. The van der Waals surface area contributed by atoms with Gasteiger partial charge in [0.1, 0.15) is 6.04 Å². The van der Waals surface area contributed by atoms with Gasteiger partial charge in [0.2, 0.25) is 5.89 Å². The summed E-state index contributed by atoms with van der Waals surface area (Å²) in [6, 6.07) is -0.342. The highest BCUT2D eigenvalue weighted by atomic mass is 16.6. The standard InChI is InChI=1S/C14H23N3O3/c1-9(2)19-14(18)15-10(3)13-16-12(17-20-13)11-7-5-4-6-8-11/h9-11H,4-8H2,1-3H3,(H,15,18). The second kappa shape index (κ2) is 6.72. The molecule has 1 aliphatic rings. The number of ether oxygens (including phenoxy) is 1. The molecule has 0 saturated heterocycles. The van der Waals surface area contributed by atoms with E-state index in [1.807, 2.05) is 0 Å². The number of rotatable bonds is 4. The number of carbonyl (C=O) groups excluding carboxylic acids is 1. The minimum Gasteiger partial charge on any atom is -0.447 e. The number of amides is 1. The largest absolute Gasteiger partial charge is 0.447 e. The van der Waals surface area contributed by atoms with Crippen molar-refractivity contribution in [2.75, 3.05) is 0 Å². The van der Waals surface area contributed by atoms with Crippen LogP contribution in [0.25, 0.3) is 0 Å². The van der Waals surface area contributed by atoms with E-state index in [0.29, 0.717) is 11.8 Å². The van der Waals surface area contributed by atoms with Crippen LogP contribution in [0.3, 0.4) is 0 Å². The second-order valence-electron chi connectivity index (χ2n) is 5.65.